The number of halogens is 1. The largest absolute Gasteiger partial charge is 0.349 e. The van der Waals surface area contributed by atoms with Crippen LogP contribution in [0, 0.1) is 5.92 Å². The molecule has 4 N–H and O–H groups in total. The molecule has 1 rings (SSSR count). The smallest absolute Gasteiger partial charge is 0.206 e. The van der Waals surface area contributed by atoms with E-state index in [0.29, 0.717) is 11.9 Å². The zero-order valence-corrected chi connectivity index (χ0v) is 11.8. The van der Waals surface area contributed by atoms with Crippen LogP contribution in [0.25, 0.3) is 0 Å². The van der Waals surface area contributed by atoms with Crippen molar-refractivity contribution in [2.45, 2.75) is 26.8 Å². The topological polar surface area (TPSA) is 62.4 Å². The molecule has 0 heterocycles. The number of benzene rings is 1. The zero-order chi connectivity index (χ0) is 13.5. The maximum atomic E-state index is 5.96. The first-order valence-electron chi connectivity index (χ1n) is 6.06. The van der Waals surface area contributed by atoms with E-state index in [-0.39, 0.29) is 6.04 Å². The molecule has 0 saturated heterocycles. The first-order valence-corrected chi connectivity index (χ1v) is 6.43. The van der Waals surface area contributed by atoms with E-state index in [2.05, 4.69) is 29.6 Å². The third-order valence-electron chi connectivity index (χ3n) is 2.45. The highest BCUT2D eigenvalue weighted by Crippen LogP contribution is 2.17. The third-order valence-corrected chi connectivity index (χ3v) is 2.69. The minimum absolute atomic E-state index is 0.0886. The van der Waals surface area contributed by atoms with Crippen LogP contribution in [0.1, 0.15) is 32.4 Å². The molecule has 0 amide bonds. The Bertz CT molecular complexity index is 404. The summed E-state index contributed by atoms with van der Waals surface area (Å²) in [6.07, 6.45) is 0. The van der Waals surface area contributed by atoms with Gasteiger partial charge in [0.1, 0.15) is 0 Å². The summed E-state index contributed by atoms with van der Waals surface area (Å²) >= 11 is 5.96. The number of rotatable bonds is 4. The van der Waals surface area contributed by atoms with Crippen LogP contribution in [0.15, 0.2) is 29.3 Å². The summed E-state index contributed by atoms with van der Waals surface area (Å²) in [6, 6.07) is 7.81. The van der Waals surface area contributed by atoms with Gasteiger partial charge in [-0.2, -0.15) is 0 Å². The predicted molar refractivity (Wildman–Crippen MR) is 77.5 cm³/mol. The highest BCUT2D eigenvalue weighted by Gasteiger charge is 2.07. The second kappa shape index (κ2) is 7.24. The highest BCUT2D eigenvalue weighted by atomic mass is 35.5. The van der Waals surface area contributed by atoms with E-state index in [1.807, 2.05) is 31.2 Å². The molecule has 1 atom stereocenters. The Morgan fingerprint density at radius 3 is 2.67 bits per heavy atom. The van der Waals surface area contributed by atoms with E-state index in [1.54, 1.807) is 0 Å². The zero-order valence-electron chi connectivity index (χ0n) is 11.1. The lowest BCUT2D eigenvalue weighted by molar-refractivity contribution is 0.643. The molecule has 0 aliphatic carbocycles. The molecule has 4 nitrogen and oxygen atoms in total. The molecule has 0 saturated carbocycles. The molecule has 0 aromatic heterocycles. The van der Waals surface area contributed by atoms with Gasteiger partial charge < -0.3 is 5.32 Å². The van der Waals surface area contributed by atoms with Gasteiger partial charge in [-0.25, -0.2) is 5.84 Å². The summed E-state index contributed by atoms with van der Waals surface area (Å²) in [4.78, 5) is 4.37. The molecule has 18 heavy (non-hydrogen) atoms. The molecule has 0 aliphatic rings. The number of hydrogen-bond acceptors (Lipinski definition) is 2. The first kappa shape index (κ1) is 14.8. The van der Waals surface area contributed by atoms with Crippen molar-refractivity contribution in [3.63, 3.8) is 0 Å². The van der Waals surface area contributed by atoms with Crippen LogP contribution in [-0.2, 0) is 0 Å². The van der Waals surface area contributed by atoms with E-state index in [0.717, 1.165) is 17.1 Å². The van der Waals surface area contributed by atoms with Crippen LogP contribution in [0.2, 0.25) is 5.02 Å². The summed E-state index contributed by atoms with van der Waals surface area (Å²) in [5.41, 5.74) is 3.67. The number of guanidine groups is 1. The number of hydrazine groups is 1. The van der Waals surface area contributed by atoms with E-state index in [4.69, 9.17) is 17.4 Å². The SMILES string of the molecule is CC(C)CN=C(NN)NC(C)c1cccc(Cl)c1. The lowest BCUT2D eigenvalue weighted by atomic mass is 10.1. The summed E-state index contributed by atoms with van der Waals surface area (Å²) < 4.78 is 0. The minimum Gasteiger partial charge on any atom is -0.349 e. The van der Waals surface area contributed by atoms with Crippen molar-refractivity contribution >= 4 is 17.6 Å². The summed E-state index contributed by atoms with van der Waals surface area (Å²) in [5, 5.41) is 3.95. The lowest BCUT2D eigenvalue weighted by Gasteiger charge is -2.17. The van der Waals surface area contributed by atoms with Crippen LogP contribution in [0.5, 0.6) is 0 Å². The van der Waals surface area contributed by atoms with E-state index >= 15 is 0 Å². The van der Waals surface area contributed by atoms with E-state index in [9.17, 15) is 0 Å². The minimum atomic E-state index is 0.0886. The second-order valence-corrected chi connectivity index (χ2v) is 5.08. The van der Waals surface area contributed by atoms with Crippen molar-refractivity contribution in [3.8, 4) is 0 Å². The number of nitrogens with zero attached hydrogens (tertiary/aromatic N) is 1. The molecule has 5 heteroatoms. The average Bonchev–Trinajstić information content (AvgIpc) is 2.34. The van der Waals surface area contributed by atoms with Gasteiger partial charge >= 0.3 is 0 Å². The molecule has 0 aliphatic heterocycles. The Morgan fingerprint density at radius 2 is 2.11 bits per heavy atom. The summed E-state index contributed by atoms with van der Waals surface area (Å²) in [6.45, 7) is 6.98. The van der Waals surface area contributed by atoms with E-state index < -0.39 is 0 Å². The van der Waals surface area contributed by atoms with Gasteiger partial charge in [0, 0.05) is 11.6 Å². The fourth-order valence-electron chi connectivity index (χ4n) is 1.47. The fourth-order valence-corrected chi connectivity index (χ4v) is 1.67. The molecule has 0 radical (unpaired) electrons. The number of nitrogens with one attached hydrogen (secondary N) is 2. The highest BCUT2D eigenvalue weighted by molar-refractivity contribution is 6.30. The normalized spacial score (nSPS) is 13.6. The Labute approximate surface area is 114 Å². The Kier molecular flexibility index (Phi) is 5.95. The number of aliphatic imine (C=N–C) groups is 1. The molecule has 100 valence electrons. The standard InChI is InChI=1S/C13H21ClN4/c1-9(2)8-16-13(18-15)17-10(3)11-5-4-6-12(14)7-11/h4-7,9-10H,8,15H2,1-3H3,(H2,16,17,18). The molecule has 1 unspecified atom stereocenters. The summed E-state index contributed by atoms with van der Waals surface area (Å²) in [5.74, 6) is 6.54. The second-order valence-electron chi connectivity index (χ2n) is 4.65. The van der Waals surface area contributed by atoms with Crippen molar-refractivity contribution in [2.24, 2.45) is 16.8 Å². The van der Waals surface area contributed by atoms with Gasteiger partial charge in [-0.1, -0.05) is 37.6 Å². The van der Waals surface area contributed by atoms with Gasteiger partial charge in [-0.05, 0) is 30.5 Å². The van der Waals surface area contributed by atoms with Crippen LogP contribution in [0.3, 0.4) is 0 Å². The van der Waals surface area contributed by atoms with Gasteiger partial charge in [-0.15, -0.1) is 0 Å². The van der Waals surface area contributed by atoms with Gasteiger partial charge in [0.2, 0.25) is 5.96 Å². The summed E-state index contributed by atoms with van der Waals surface area (Å²) in [7, 11) is 0. The first-order chi connectivity index (χ1) is 8.52. The monoisotopic (exact) mass is 268 g/mol. The Morgan fingerprint density at radius 1 is 1.39 bits per heavy atom. The average molecular weight is 269 g/mol. The number of hydrogen-bond donors (Lipinski definition) is 3. The molecule has 0 fully saturated rings. The van der Waals surface area contributed by atoms with Crippen LogP contribution in [-0.4, -0.2) is 12.5 Å². The number of nitrogens with two attached hydrogens (primary N) is 1. The lowest BCUT2D eigenvalue weighted by Crippen LogP contribution is -2.42. The van der Waals surface area contributed by atoms with Crippen molar-refractivity contribution in [3.05, 3.63) is 34.9 Å². The van der Waals surface area contributed by atoms with Gasteiger partial charge in [0.15, 0.2) is 0 Å². The maximum absolute atomic E-state index is 5.96. The van der Waals surface area contributed by atoms with Gasteiger partial charge in [0.05, 0.1) is 6.04 Å². The molecular weight excluding hydrogens is 248 g/mol. The van der Waals surface area contributed by atoms with Crippen molar-refractivity contribution in [2.75, 3.05) is 6.54 Å². The van der Waals surface area contributed by atoms with Crippen molar-refractivity contribution < 1.29 is 0 Å². The van der Waals surface area contributed by atoms with Gasteiger partial charge in [0.25, 0.3) is 0 Å². The van der Waals surface area contributed by atoms with Crippen molar-refractivity contribution in [1.29, 1.82) is 0 Å². The van der Waals surface area contributed by atoms with Crippen LogP contribution < -0.4 is 16.6 Å². The van der Waals surface area contributed by atoms with Gasteiger partial charge in [-0.3, -0.25) is 10.4 Å². The molecule has 0 spiro atoms. The predicted octanol–water partition coefficient (Wildman–Crippen LogP) is 2.47. The van der Waals surface area contributed by atoms with E-state index in [1.165, 1.54) is 0 Å². The fraction of sp³-hybridized carbons (Fsp3) is 0.462. The quantitative estimate of drug-likeness (QED) is 0.340. The molecule has 0 bridgehead atoms. The Balaban J connectivity index is 2.67. The Hall–Kier alpha value is -1.26. The maximum Gasteiger partial charge on any atom is 0.206 e. The molecule has 1 aromatic rings. The molecular formula is C13H21ClN4. The van der Waals surface area contributed by atoms with Crippen molar-refractivity contribution in [1.82, 2.24) is 10.7 Å². The third kappa shape index (κ3) is 4.94. The van der Waals surface area contributed by atoms with Crippen LogP contribution >= 0.6 is 11.6 Å². The molecule has 1 aromatic carbocycles. The van der Waals surface area contributed by atoms with Crippen LogP contribution in [0.4, 0.5) is 0 Å².